The van der Waals surface area contributed by atoms with E-state index < -0.39 is 10.8 Å². The van der Waals surface area contributed by atoms with Gasteiger partial charge in [0.1, 0.15) is 0 Å². The minimum Gasteiger partial charge on any atom is -0.259 e. The van der Waals surface area contributed by atoms with E-state index in [9.17, 15) is 4.21 Å². The molecule has 92 valence electrons. The molecule has 1 saturated heterocycles. The molecule has 0 aromatic rings. The summed E-state index contributed by atoms with van der Waals surface area (Å²) >= 11 is 12.7. The fourth-order valence-corrected chi connectivity index (χ4v) is 5.71. The first-order valence-electron chi connectivity index (χ1n) is 6.02. The Labute approximate surface area is 110 Å². The van der Waals surface area contributed by atoms with Crippen LogP contribution >= 0.6 is 23.2 Å². The van der Waals surface area contributed by atoms with Gasteiger partial charge in [0, 0.05) is 21.6 Å². The molecule has 4 unspecified atom stereocenters. The van der Waals surface area contributed by atoms with Crippen molar-refractivity contribution in [3.05, 3.63) is 12.2 Å². The maximum Gasteiger partial charge on any atom is 0.0515 e. The fourth-order valence-electron chi connectivity index (χ4n) is 2.56. The van der Waals surface area contributed by atoms with E-state index >= 15 is 0 Å². The van der Waals surface area contributed by atoms with Gasteiger partial charge in [-0.3, -0.25) is 4.21 Å². The lowest BCUT2D eigenvalue weighted by molar-refractivity contribution is 0.632. The maximum absolute atomic E-state index is 12.3. The smallest absolute Gasteiger partial charge is 0.0515 e. The highest BCUT2D eigenvalue weighted by molar-refractivity contribution is 7.86. The molecule has 2 aliphatic heterocycles. The Hall–Kier alpha value is 0.470. The number of hydrogen-bond acceptors (Lipinski definition) is 1. The lowest BCUT2D eigenvalue weighted by Crippen LogP contribution is -2.29. The van der Waals surface area contributed by atoms with Gasteiger partial charge in [0.05, 0.1) is 10.5 Å². The average molecular weight is 281 g/mol. The second-order valence-corrected chi connectivity index (χ2v) is 7.63. The Balaban J connectivity index is 2.12. The first-order valence-corrected chi connectivity index (χ1v) is 8.17. The van der Waals surface area contributed by atoms with E-state index in [0.29, 0.717) is 0 Å². The van der Waals surface area contributed by atoms with Gasteiger partial charge in [0.2, 0.25) is 0 Å². The van der Waals surface area contributed by atoms with Crippen LogP contribution in [-0.2, 0) is 10.8 Å². The lowest BCUT2D eigenvalue weighted by Gasteiger charge is -2.18. The van der Waals surface area contributed by atoms with Gasteiger partial charge in [0.25, 0.3) is 0 Å². The molecule has 2 rings (SSSR count). The highest BCUT2D eigenvalue weighted by atomic mass is 35.5. The summed E-state index contributed by atoms with van der Waals surface area (Å²) in [5.41, 5.74) is 0. The largest absolute Gasteiger partial charge is 0.259 e. The van der Waals surface area contributed by atoms with Gasteiger partial charge in [-0.1, -0.05) is 12.2 Å². The molecule has 0 radical (unpaired) electrons. The number of fused-ring (bicyclic) bond motifs is 2. The molecule has 4 atom stereocenters. The van der Waals surface area contributed by atoms with E-state index in [4.69, 9.17) is 23.2 Å². The average Bonchev–Trinajstić information content (AvgIpc) is 2.62. The van der Waals surface area contributed by atoms with Crippen molar-refractivity contribution in [2.45, 2.75) is 59.8 Å². The Kier molecular flexibility index (Phi) is 4.75. The number of hydrogen-bond donors (Lipinski definition) is 0. The van der Waals surface area contributed by atoms with Gasteiger partial charge >= 0.3 is 0 Å². The lowest BCUT2D eigenvalue weighted by atomic mass is 10.0. The van der Waals surface area contributed by atoms with E-state index in [-0.39, 0.29) is 21.3 Å². The summed E-state index contributed by atoms with van der Waals surface area (Å²) in [5, 5.41) is 0.439. The van der Waals surface area contributed by atoms with Gasteiger partial charge in [-0.05, 0) is 38.5 Å². The van der Waals surface area contributed by atoms with Crippen LogP contribution in [0.3, 0.4) is 0 Å². The van der Waals surface area contributed by atoms with E-state index in [0.717, 1.165) is 38.5 Å². The van der Waals surface area contributed by atoms with Gasteiger partial charge in [0.15, 0.2) is 0 Å². The van der Waals surface area contributed by atoms with E-state index in [1.807, 2.05) is 0 Å². The number of allylic oxidation sites excluding steroid dienone is 2. The standard InChI is InChI=1S/C12H18Cl2OS/c13-9-5-3-1-2-4-6-10(14)12-8-7-11(9)16(12)15/h1-2,9-12H,3-8H2. The van der Waals surface area contributed by atoms with Crippen molar-refractivity contribution in [2.24, 2.45) is 0 Å². The molecule has 0 aliphatic carbocycles. The van der Waals surface area contributed by atoms with Gasteiger partial charge < -0.3 is 0 Å². The van der Waals surface area contributed by atoms with E-state index in [1.165, 1.54) is 0 Å². The fraction of sp³-hybridized carbons (Fsp3) is 0.833. The van der Waals surface area contributed by atoms with E-state index in [1.54, 1.807) is 0 Å². The maximum atomic E-state index is 12.3. The predicted molar refractivity (Wildman–Crippen MR) is 71.8 cm³/mol. The van der Waals surface area contributed by atoms with Crippen LogP contribution in [0.1, 0.15) is 38.5 Å². The normalized spacial score (nSPS) is 45.2. The van der Waals surface area contributed by atoms with Crippen molar-refractivity contribution in [2.75, 3.05) is 0 Å². The molecular weight excluding hydrogens is 263 g/mol. The summed E-state index contributed by atoms with van der Waals surface area (Å²) in [4.78, 5) is 0. The molecule has 0 amide bonds. The summed E-state index contributed by atoms with van der Waals surface area (Å²) in [6.45, 7) is 0. The summed E-state index contributed by atoms with van der Waals surface area (Å²) in [6, 6.07) is 0. The first-order chi connectivity index (χ1) is 7.70. The predicted octanol–water partition coefficient (Wildman–Crippen LogP) is 3.61. The zero-order valence-corrected chi connectivity index (χ0v) is 11.6. The first kappa shape index (κ1) is 12.9. The highest BCUT2D eigenvalue weighted by Gasteiger charge is 2.40. The zero-order valence-electron chi connectivity index (χ0n) is 9.28. The SMILES string of the molecule is O=S1C2CCC1C(Cl)CCC=CCCC2Cl. The Morgan fingerprint density at radius 2 is 1.31 bits per heavy atom. The van der Waals surface area contributed by atoms with Crippen LogP contribution in [0.25, 0.3) is 0 Å². The van der Waals surface area contributed by atoms with Crippen LogP contribution in [0.4, 0.5) is 0 Å². The molecule has 4 heteroatoms. The Morgan fingerprint density at radius 1 is 0.875 bits per heavy atom. The Morgan fingerprint density at radius 3 is 1.75 bits per heavy atom. The molecule has 0 spiro atoms. The topological polar surface area (TPSA) is 17.1 Å². The van der Waals surface area contributed by atoms with Crippen LogP contribution in [-0.4, -0.2) is 25.5 Å². The second-order valence-electron chi connectivity index (χ2n) is 4.64. The monoisotopic (exact) mass is 280 g/mol. The molecular formula is C12H18Cl2OS. The number of alkyl halides is 2. The zero-order chi connectivity index (χ0) is 11.5. The van der Waals surface area contributed by atoms with Crippen LogP contribution in [0.5, 0.6) is 0 Å². The number of rotatable bonds is 0. The van der Waals surface area contributed by atoms with Crippen molar-refractivity contribution in [3.8, 4) is 0 Å². The molecule has 0 aromatic carbocycles. The summed E-state index contributed by atoms with van der Waals surface area (Å²) < 4.78 is 12.3. The summed E-state index contributed by atoms with van der Waals surface area (Å²) in [7, 11) is -0.825. The van der Waals surface area contributed by atoms with Crippen LogP contribution in [0.15, 0.2) is 12.2 Å². The molecule has 2 bridgehead atoms. The third kappa shape index (κ3) is 2.83. The molecule has 0 aromatic heterocycles. The molecule has 1 nitrogen and oxygen atoms in total. The van der Waals surface area contributed by atoms with Gasteiger partial charge in [-0.25, -0.2) is 0 Å². The molecule has 2 aliphatic rings. The van der Waals surface area contributed by atoms with Crippen molar-refractivity contribution in [3.63, 3.8) is 0 Å². The summed E-state index contributed by atoms with van der Waals surface area (Å²) in [5.74, 6) is 0. The second kappa shape index (κ2) is 5.88. The quantitative estimate of drug-likeness (QED) is 0.489. The Bertz CT molecular complexity index is 267. The minimum atomic E-state index is -0.825. The van der Waals surface area contributed by atoms with Gasteiger partial charge in [-0.2, -0.15) is 0 Å². The van der Waals surface area contributed by atoms with E-state index in [2.05, 4.69) is 12.2 Å². The molecule has 0 N–H and O–H groups in total. The third-order valence-electron chi connectivity index (χ3n) is 3.52. The highest BCUT2D eigenvalue weighted by Crippen LogP contribution is 2.35. The minimum absolute atomic E-state index is 0.0532. The van der Waals surface area contributed by atoms with Crippen LogP contribution in [0.2, 0.25) is 0 Å². The van der Waals surface area contributed by atoms with Crippen LogP contribution < -0.4 is 0 Å². The van der Waals surface area contributed by atoms with Crippen molar-refractivity contribution < 1.29 is 4.21 Å². The van der Waals surface area contributed by atoms with Crippen molar-refractivity contribution >= 4 is 34.0 Å². The van der Waals surface area contributed by atoms with Gasteiger partial charge in [-0.15, -0.1) is 23.2 Å². The third-order valence-corrected chi connectivity index (χ3v) is 7.19. The van der Waals surface area contributed by atoms with Crippen molar-refractivity contribution in [1.29, 1.82) is 0 Å². The molecule has 1 fully saturated rings. The summed E-state index contributed by atoms with van der Waals surface area (Å²) in [6.07, 6.45) is 10.2. The number of halogens is 2. The molecule has 2 heterocycles. The molecule has 16 heavy (non-hydrogen) atoms. The van der Waals surface area contributed by atoms with Crippen molar-refractivity contribution in [1.82, 2.24) is 0 Å². The molecule has 0 saturated carbocycles. The van der Waals surface area contributed by atoms with Crippen LogP contribution in [0, 0.1) is 0 Å².